The van der Waals surface area contributed by atoms with Gasteiger partial charge in [-0.1, -0.05) is 0 Å². The van der Waals surface area contributed by atoms with Gasteiger partial charge in [-0.2, -0.15) is 5.10 Å². The molecular formula is C21H25N7O2. The van der Waals surface area contributed by atoms with Crippen molar-refractivity contribution in [3.05, 3.63) is 42.2 Å². The molecule has 9 heteroatoms. The third-order valence-electron chi connectivity index (χ3n) is 5.12. The van der Waals surface area contributed by atoms with Crippen molar-refractivity contribution in [3.63, 3.8) is 0 Å². The molecule has 0 spiro atoms. The van der Waals surface area contributed by atoms with Crippen molar-refractivity contribution in [3.8, 4) is 28.4 Å². The summed E-state index contributed by atoms with van der Waals surface area (Å²) >= 11 is 0. The lowest BCUT2D eigenvalue weighted by Gasteiger charge is -2.14. The van der Waals surface area contributed by atoms with E-state index < -0.39 is 5.91 Å². The Balaban J connectivity index is 1.41. The van der Waals surface area contributed by atoms with Gasteiger partial charge in [-0.25, -0.2) is 9.97 Å². The molecule has 1 aromatic carbocycles. The molecule has 1 aliphatic rings. The summed E-state index contributed by atoms with van der Waals surface area (Å²) in [5, 5.41) is 6.63. The number of aromatic amines is 1. The topological polar surface area (TPSA) is 136 Å². The number of amides is 1. The quantitative estimate of drug-likeness (QED) is 0.486. The average Bonchev–Trinajstić information content (AvgIpc) is 3.44. The van der Waals surface area contributed by atoms with E-state index in [-0.39, 0.29) is 11.5 Å². The van der Waals surface area contributed by atoms with Gasteiger partial charge in [0.2, 0.25) is 0 Å². The van der Waals surface area contributed by atoms with Crippen molar-refractivity contribution in [1.82, 2.24) is 25.1 Å². The molecule has 0 saturated carbocycles. The van der Waals surface area contributed by atoms with E-state index in [0.717, 1.165) is 24.3 Å². The van der Waals surface area contributed by atoms with Crippen molar-refractivity contribution in [2.24, 2.45) is 5.73 Å². The minimum Gasteiger partial charge on any atom is -0.494 e. The molecule has 0 atom stereocenters. The molecule has 1 saturated heterocycles. The van der Waals surface area contributed by atoms with Gasteiger partial charge in [0.05, 0.1) is 18.5 Å². The Labute approximate surface area is 174 Å². The third kappa shape index (κ3) is 4.57. The lowest BCUT2D eigenvalue weighted by Crippen LogP contribution is -2.21. The number of anilines is 1. The zero-order valence-corrected chi connectivity index (χ0v) is 16.7. The molecule has 0 aliphatic carbocycles. The molecule has 5 N–H and O–H groups in total. The zero-order chi connectivity index (χ0) is 20.9. The van der Waals surface area contributed by atoms with Crippen LogP contribution in [-0.4, -0.2) is 57.2 Å². The molecule has 2 aromatic heterocycles. The Morgan fingerprint density at radius 1 is 1.17 bits per heavy atom. The van der Waals surface area contributed by atoms with E-state index in [2.05, 4.69) is 25.1 Å². The predicted molar refractivity (Wildman–Crippen MR) is 114 cm³/mol. The molecule has 4 rings (SSSR count). The first-order chi connectivity index (χ1) is 14.6. The van der Waals surface area contributed by atoms with E-state index in [9.17, 15) is 4.79 Å². The van der Waals surface area contributed by atoms with Crippen LogP contribution in [0.25, 0.3) is 22.6 Å². The van der Waals surface area contributed by atoms with Crippen LogP contribution in [-0.2, 0) is 0 Å². The molecule has 3 heterocycles. The third-order valence-corrected chi connectivity index (χ3v) is 5.12. The van der Waals surface area contributed by atoms with Crippen LogP contribution in [0.2, 0.25) is 0 Å². The molecule has 0 radical (unpaired) electrons. The number of nitrogens with two attached hydrogens (primary N) is 2. The second-order valence-electron chi connectivity index (χ2n) is 7.30. The maximum absolute atomic E-state index is 11.3. The lowest BCUT2D eigenvalue weighted by molar-refractivity contribution is 0.0995. The Hall–Kier alpha value is -3.46. The number of nitrogen functional groups attached to an aromatic ring is 1. The molecule has 9 nitrogen and oxygen atoms in total. The van der Waals surface area contributed by atoms with Crippen LogP contribution >= 0.6 is 0 Å². The molecule has 156 valence electrons. The van der Waals surface area contributed by atoms with Crippen molar-refractivity contribution in [1.29, 1.82) is 0 Å². The number of rotatable bonds is 8. The Morgan fingerprint density at radius 3 is 2.63 bits per heavy atom. The summed E-state index contributed by atoms with van der Waals surface area (Å²) in [6.45, 7) is 4.21. The van der Waals surface area contributed by atoms with Crippen LogP contribution in [0.1, 0.15) is 29.8 Å². The van der Waals surface area contributed by atoms with E-state index in [4.69, 9.17) is 16.2 Å². The van der Waals surface area contributed by atoms with Crippen molar-refractivity contribution in [2.75, 3.05) is 32.0 Å². The minimum absolute atomic E-state index is 0.183. The Kier molecular flexibility index (Phi) is 5.89. The fourth-order valence-corrected chi connectivity index (χ4v) is 3.50. The summed E-state index contributed by atoms with van der Waals surface area (Å²) in [6.07, 6.45) is 5.24. The highest BCUT2D eigenvalue weighted by atomic mass is 16.5. The fraction of sp³-hybridized carbons (Fsp3) is 0.333. The van der Waals surface area contributed by atoms with Crippen LogP contribution in [0.5, 0.6) is 5.75 Å². The Morgan fingerprint density at radius 2 is 1.93 bits per heavy atom. The molecule has 1 aliphatic heterocycles. The monoisotopic (exact) mass is 407 g/mol. The average molecular weight is 407 g/mol. The van der Waals surface area contributed by atoms with Gasteiger partial charge in [-0.15, -0.1) is 0 Å². The summed E-state index contributed by atoms with van der Waals surface area (Å²) in [4.78, 5) is 22.5. The van der Waals surface area contributed by atoms with Crippen molar-refractivity contribution < 1.29 is 9.53 Å². The highest BCUT2D eigenvalue weighted by Crippen LogP contribution is 2.26. The largest absolute Gasteiger partial charge is 0.494 e. The summed E-state index contributed by atoms with van der Waals surface area (Å²) in [5.41, 5.74) is 13.7. The van der Waals surface area contributed by atoms with Gasteiger partial charge in [0, 0.05) is 12.1 Å². The molecule has 1 amide bonds. The highest BCUT2D eigenvalue weighted by Gasteiger charge is 2.14. The smallest absolute Gasteiger partial charge is 0.266 e. The van der Waals surface area contributed by atoms with E-state index >= 15 is 0 Å². The number of hydrogen-bond donors (Lipinski definition) is 3. The normalized spacial score (nSPS) is 14.1. The number of carbonyl (C=O) groups excluding carboxylic acids is 1. The predicted octanol–water partition coefficient (Wildman–Crippen LogP) is 2.08. The van der Waals surface area contributed by atoms with Crippen molar-refractivity contribution >= 4 is 11.7 Å². The first-order valence-corrected chi connectivity index (χ1v) is 10.0. The Bertz CT molecular complexity index is 1010. The van der Waals surface area contributed by atoms with Crippen LogP contribution in [0.15, 0.2) is 36.5 Å². The minimum atomic E-state index is -0.604. The van der Waals surface area contributed by atoms with E-state index in [0.29, 0.717) is 23.7 Å². The highest BCUT2D eigenvalue weighted by molar-refractivity contribution is 5.92. The van der Waals surface area contributed by atoms with Gasteiger partial charge in [-0.05, 0) is 62.7 Å². The number of likely N-dealkylation sites (tertiary alicyclic amines) is 1. The second kappa shape index (κ2) is 8.91. The van der Waals surface area contributed by atoms with Crippen LogP contribution in [0.3, 0.4) is 0 Å². The van der Waals surface area contributed by atoms with E-state index in [1.54, 1.807) is 6.20 Å². The van der Waals surface area contributed by atoms with Gasteiger partial charge in [0.25, 0.3) is 5.91 Å². The summed E-state index contributed by atoms with van der Waals surface area (Å²) < 4.78 is 5.85. The van der Waals surface area contributed by atoms with E-state index in [1.807, 2.05) is 24.3 Å². The molecule has 0 unspecified atom stereocenters. The summed E-state index contributed by atoms with van der Waals surface area (Å²) in [6, 6.07) is 9.20. The number of hydrogen-bond acceptors (Lipinski definition) is 7. The molecular weight excluding hydrogens is 382 g/mol. The molecule has 0 bridgehead atoms. The van der Waals surface area contributed by atoms with Gasteiger partial charge in [0.1, 0.15) is 22.8 Å². The van der Waals surface area contributed by atoms with Crippen molar-refractivity contribution in [2.45, 2.75) is 19.3 Å². The summed E-state index contributed by atoms with van der Waals surface area (Å²) in [5.74, 6) is 0.439. The van der Waals surface area contributed by atoms with Gasteiger partial charge < -0.3 is 21.1 Å². The van der Waals surface area contributed by atoms with Crippen LogP contribution in [0, 0.1) is 0 Å². The lowest BCUT2D eigenvalue weighted by atomic mass is 10.1. The number of aromatic nitrogens is 4. The van der Waals surface area contributed by atoms with Gasteiger partial charge >= 0.3 is 0 Å². The maximum atomic E-state index is 11.3. The van der Waals surface area contributed by atoms with Gasteiger partial charge in [-0.3, -0.25) is 9.89 Å². The number of benzene rings is 1. The van der Waals surface area contributed by atoms with Gasteiger partial charge in [0.15, 0.2) is 5.82 Å². The van der Waals surface area contributed by atoms with Crippen LogP contribution in [0.4, 0.5) is 5.82 Å². The molecule has 1 fully saturated rings. The zero-order valence-electron chi connectivity index (χ0n) is 16.7. The maximum Gasteiger partial charge on any atom is 0.266 e. The fourth-order valence-electron chi connectivity index (χ4n) is 3.50. The standard InChI is InChI=1S/C21H25N7O2/c22-20-19(16-12-17(21(23)29)27-26-16)25-18(13-24-20)14-4-6-15(7-5-14)30-11-3-10-28-8-1-2-9-28/h4-7,12-13H,1-3,8-11H2,(H2,22,24)(H2,23,29)(H,26,27). The first kappa shape index (κ1) is 19.8. The van der Waals surface area contributed by atoms with Crippen LogP contribution < -0.4 is 16.2 Å². The number of primary amides is 1. The number of H-pyrrole nitrogens is 1. The first-order valence-electron chi connectivity index (χ1n) is 10.0. The van der Waals surface area contributed by atoms with E-state index in [1.165, 1.54) is 32.0 Å². The number of nitrogens with zero attached hydrogens (tertiary/aromatic N) is 4. The summed E-state index contributed by atoms with van der Waals surface area (Å²) in [7, 11) is 0. The number of ether oxygens (including phenoxy) is 1. The number of carbonyl (C=O) groups is 1. The number of nitrogens with one attached hydrogen (secondary N) is 1. The molecule has 3 aromatic rings. The second-order valence-corrected chi connectivity index (χ2v) is 7.30. The SMILES string of the molecule is NC(=O)c1cc(-c2nc(-c3ccc(OCCCN4CCCC4)cc3)cnc2N)n[nH]1. The molecule has 30 heavy (non-hydrogen) atoms.